The van der Waals surface area contributed by atoms with E-state index in [1.54, 1.807) is 19.2 Å². The molecule has 0 amide bonds. The molecule has 0 unspecified atom stereocenters. The number of aliphatic imine (C=N–C) groups is 1. The minimum absolute atomic E-state index is 0.122. The third-order valence-corrected chi connectivity index (χ3v) is 7.40. The third-order valence-electron chi connectivity index (χ3n) is 5.86. The Morgan fingerprint density at radius 3 is 2.37 bits per heavy atom. The van der Waals surface area contributed by atoms with E-state index in [9.17, 15) is 8.42 Å². The van der Waals surface area contributed by atoms with Crippen LogP contribution in [0.4, 0.5) is 0 Å². The van der Waals surface area contributed by atoms with Gasteiger partial charge in [0, 0.05) is 26.2 Å². The maximum atomic E-state index is 12.2. The fraction of sp³-hybridized carbons (Fsp3) is 0.650. The minimum atomic E-state index is -3.38. The van der Waals surface area contributed by atoms with Crippen LogP contribution in [-0.4, -0.2) is 34.0 Å². The van der Waals surface area contributed by atoms with E-state index in [0.29, 0.717) is 16.9 Å². The van der Waals surface area contributed by atoms with Crippen molar-refractivity contribution in [3.05, 3.63) is 29.8 Å². The summed E-state index contributed by atoms with van der Waals surface area (Å²) in [4.78, 5) is 4.64. The van der Waals surface area contributed by atoms with Gasteiger partial charge in [0.25, 0.3) is 0 Å². The maximum absolute atomic E-state index is 12.2. The first-order chi connectivity index (χ1) is 13.0. The highest BCUT2D eigenvalue weighted by molar-refractivity contribution is 7.89. The van der Waals surface area contributed by atoms with Gasteiger partial charge in [-0.1, -0.05) is 31.9 Å². The molecular formula is C20H32N4O2S. The molecule has 0 saturated heterocycles. The van der Waals surface area contributed by atoms with E-state index in [0.717, 1.165) is 30.9 Å². The van der Waals surface area contributed by atoms with Crippen molar-refractivity contribution in [2.45, 2.75) is 69.4 Å². The number of hydrogen-bond donors (Lipinski definition) is 3. The zero-order valence-corrected chi connectivity index (χ0v) is 17.2. The van der Waals surface area contributed by atoms with E-state index >= 15 is 0 Å². The van der Waals surface area contributed by atoms with Crippen LogP contribution in [0.15, 0.2) is 34.2 Å². The normalized spacial score (nSPS) is 19.9. The van der Waals surface area contributed by atoms with Gasteiger partial charge < -0.3 is 10.6 Å². The molecule has 1 aromatic carbocycles. The number of nitrogens with one attached hydrogen (secondary N) is 3. The molecule has 3 N–H and O–H groups in total. The van der Waals surface area contributed by atoms with Crippen LogP contribution in [0.3, 0.4) is 0 Å². The van der Waals surface area contributed by atoms with Gasteiger partial charge in [-0.05, 0) is 55.2 Å². The Morgan fingerprint density at radius 2 is 1.81 bits per heavy atom. The predicted octanol–water partition coefficient (Wildman–Crippen LogP) is 2.76. The fourth-order valence-corrected chi connectivity index (χ4v) is 5.04. The second-order valence-electron chi connectivity index (χ2n) is 7.88. The largest absolute Gasteiger partial charge is 0.356 e. The summed E-state index contributed by atoms with van der Waals surface area (Å²) in [5.74, 6) is 0.793. The molecule has 7 heteroatoms. The van der Waals surface area contributed by atoms with Gasteiger partial charge in [0.1, 0.15) is 0 Å². The van der Waals surface area contributed by atoms with E-state index in [-0.39, 0.29) is 6.04 Å². The van der Waals surface area contributed by atoms with Crippen molar-refractivity contribution in [2.75, 3.05) is 13.6 Å². The number of hydrogen-bond acceptors (Lipinski definition) is 3. The molecule has 0 aliphatic heterocycles. The summed E-state index contributed by atoms with van der Waals surface area (Å²) < 4.78 is 27.1. The quantitative estimate of drug-likeness (QED) is 0.469. The fourth-order valence-electron chi connectivity index (χ4n) is 3.73. The average Bonchev–Trinajstić information content (AvgIpc) is 3.35. The van der Waals surface area contributed by atoms with Crippen molar-refractivity contribution in [3.63, 3.8) is 0 Å². The first-order valence-electron chi connectivity index (χ1n) is 10.0. The van der Waals surface area contributed by atoms with Crippen molar-refractivity contribution >= 4 is 16.0 Å². The Morgan fingerprint density at radius 1 is 1.15 bits per heavy atom. The highest BCUT2D eigenvalue weighted by Gasteiger charge is 2.32. The van der Waals surface area contributed by atoms with E-state index in [1.807, 2.05) is 12.1 Å². The monoisotopic (exact) mass is 392 g/mol. The number of nitrogens with zero attached hydrogens (tertiary/aromatic N) is 1. The molecule has 2 aliphatic rings. The number of benzene rings is 1. The van der Waals surface area contributed by atoms with Gasteiger partial charge in [-0.2, -0.15) is 0 Å². The van der Waals surface area contributed by atoms with Crippen LogP contribution < -0.4 is 15.4 Å². The SMILES string of the molecule is CCC1(CNC(=NC)NCc2ccc(S(=O)(=O)NC3CC3)cc2)CCCC1. The predicted molar refractivity (Wildman–Crippen MR) is 109 cm³/mol. The number of rotatable bonds is 8. The van der Waals surface area contributed by atoms with Crippen LogP contribution in [0.2, 0.25) is 0 Å². The van der Waals surface area contributed by atoms with Crippen molar-refractivity contribution in [1.82, 2.24) is 15.4 Å². The van der Waals surface area contributed by atoms with Gasteiger partial charge in [0.15, 0.2) is 5.96 Å². The van der Waals surface area contributed by atoms with Crippen molar-refractivity contribution < 1.29 is 8.42 Å². The van der Waals surface area contributed by atoms with Crippen LogP contribution in [0.5, 0.6) is 0 Å². The molecule has 0 heterocycles. The van der Waals surface area contributed by atoms with Gasteiger partial charge in [0.05, 0.1) is 4.90 Å². The van der Waals surface area contributed by atoms with Crippen LogP contribution in [-0.2, 0) is 16.6 Å². The van der Waals surface area contributed by atoms with E-state index in [1.165, 1.54) is 32.1 Å². The first kappa shape index (κ1) is 20.1. The Kier molecular flexibility index (Phi) is 6.42. The average molecular weight is 393 g/mol. The molecule has 0 aromatic heterocycles. The molecule has 27 heavy (non-hydrogen) atoms. The molecule has 2 aliphatic carbocycles. The number of guanidine groups is 1. The van der Waals surface area contributed by atoms with Gasteiger partial charge in [-0.25, -0.2) is 13.1 Å². The standard InChI is InChI=1S/C20H32N4O2S/c1-3-20(12-4-5-13-20)15-23-19(21-2)22-14-16-6-10-18(11-7-16)27(25,26)24-17-8-9-17/h6-7,10-11,17,24H,3-5,8-9,12-15H2,1-2H3,(H2,21,22,23). The zero-order valence-electron chi connectivity index (χ0n) is 16.4. The molecule has 0 spiro atoms. The second kappa shape index (κ2) is 8.61. The molecule has 0 atom stereocenters. The second-order valence-corrected chi connectivity index (χ2v) is 9.59. The van der Waals surface area contributed by atoms with Crippen LogP contribution >= 0.6 is 0 Å². The van der Waals surface area contributed by atoms with Gasteiger partial charge >= 0.3 is 0 Å². The Hall–Kier alpha value is -1.60. The summed E-state index contributed by atoms with van der Waals surface area (Å²) in [6, 6.07) is 7.17. The minimum Gasteiger partial charge on any atom is -0.356 e. The molecule has 2 saturated carbocycles. The smallest absolute Gasteiger partial charge is 0.240 e. The summed E-state index contributed by atoms with van der Waals surface area (Å²) in [6.07, 6.45) is 8.30. The lowest BCUT2D eigenvalue weighted by Crippen LogP contribution is -2.42. The Bertz CT molecular complexity index is 749. The van der Waals surface area contributed by atoms with E-state index in [4.69, 9.17) is 0 Å². The Labute approximate surface area is 163 Å². The van der Waals surface area contributed by atoms with E-state index in [2.05, 4.69) is 27.3 Å². The summed E-state index contributed by atoms with van der Waals surface area (Å²) in [7, 11) is -1.60. The van der Waals surface area contributed by atoms with Crippen LogP contribution in [0.1, 0.15) is 57.4 Å². The summed E-state index contributed by atoms with van der Waals surface area (Å²) >= 11 is 0. The lowest BCUT2D eigenvalue weighted by Gasteiger charge is -2.28. The molecule has 3 rings (SSSR count). The van der Waals surface area contributed by atoms with Gasteiger partial charge in [0.2, 0.25) is 10.0 Å². The first-order valence-corrected chi connectivity index (χ1v) is 11.5. The summed E-state index contributed by atoms with van der Waals surface area (Å²) in [6.45, 7) is 3.83. The molecule has 1 aromatic rings. The lowest BCUT2D eigenvalue weighted by molar-refractivity contribution is 0.283. The molecule has 150 valence electrons. The van der Waals surface area contributed by atoms with Crippen molar-refractivity contribution in [3.8, 4) is 0 Å². The van der Waals surface area contributed by atoms with Gasteiger partial charge in [-0.15, -0.1) is 0 Å². The van der Waals surface area contributed by atoms with Crippen LogP contribution in [0.25, 0.3) is 0 Å². The summed E-state index contributed by atoms with van der Waals surface area (Å²) in [5, 5.41) is 6.80. The zero-order chi connectivity index (χ0) is 19.3. The molecule has 0 radical (unpaired) electrons. The third kappa shape index (κ3) is 5.45. The maximum Gasteiger partial charge on any atom is 0.240 e. The summed E-state index contributed by atoms with van der Waals surface area (Å²) in [5.41, 5.74) is 1.43. The highest BCUT2D eigenvalue weighted by atomic mass is 32.2. The molecule has 2 fully saturated rings. The van der Waals surface area contributed by atoms with Crippen LogP contribution in [0, 0.1) is 5.41 Å². The molecular weight excluding hydrogens is 360 g/mol. The molecule has 6 nitrogen and oxygen atoms in total. The Balaban J connectivity index is 1.50. The van der Waals surface area contributed by atoms with Crippen molar-refractivity contribution in [1.29, 1.82) is 0 Å². The highest BCUT2D eigenvalue weighted by Crippen LogP contribution is 2.40. The topological polar surface area (TPSA) is 82.6 Å². The van der Waals surface area contributed by atoms with Gasteiger partial charge in [-0.3, -0.25) is 4.99 Å². The number of sulfonamides is 1. The van der Waals surface area contributed by atoms with Crippen molar-refractivity contribution in [2.24, 2.45) is 10.4 Å². The lowest BCUT2D eigenvalue weighted by atomic mass is 9.83. The van der Waals surface area contributed by atoms with E-state index < -0.39 is 10.0 Å². The molecule has 0 bridgehead atoms.